The van der Waals surface area contributed by atoms with Crippen LogP contribution in [0.2, 0.25) is 0 Å². The van der Waals surface area contributed by atoms with Crippen molar-refractivity contribution in [1.29, 1.82) is 0 Å². The van der Waals surface area contributed by atoms with Crippen molar-refractivity contribution in [3.63, 3.8) is 0 Å². The summed E-state index contributed by atoms with van der Waals surface area (Å²) in [6, 6.07) is 8.60. The third kappa shape index (κ3) is 1.00. The Balaban J connectivity index is 2.14. The van der Waals surface area contributed by atoms with E-state index >= 15 is 0 Å². The van der Waals surface area contributed by atoms with Crippen LogP contribution in [0.1, 0.15) is 22.3 Å². The second-order valence-electron chi connectivity index (χ2n) is 3.54. The Morgan fingerprint density at radius 3 is 1.85 bits per heavy atom. The first-order valence-electron chi connectivity index (χ1n) is 4.54. The van der Waals surface area contributed by atoms with Gasteiger partial charge in [0.15, 0.2) is 0 Å². The van der Waals surface area contributed by atoms with Crippen molar-refractivity contribution in [1.82, 2.24) is 0 Å². The van der Waals surface area contributed by atoms with E-state index in [2.05, 4.69) is 24.3 Å². The van der Waals surface area contributed by atoms with Gasteiger partial charge in [0, 0.05) is 12.8 Å². The van der Waals surface area contributed by atoms with E-state index in [9.17, 15) is 0 Å². The summed E-state index contributed by atoms with van der Waals surface area (Å²) in [7, 11) is 0. The number of furan rings is 1. The average molecular weight is 170 g/mol. The number of fused-ring (bicyclic) bond motifs is 2. The Kier molecular flexibility index (Phi) is 1.33. The molecule has 2 aromatic rings. The molecule has 3 rings (SSSR count). The quantitative estimate of drug-likeness (QED) is 0.505. The lowest BCUT2D eigenvalue weighted by Crippen LogP contribution is -2.04. The van der Waals surface area contributed by atoms with Gasteiger partial charge in [0.2, 0.25) is 0 Å². The van der Waals surface area contributed by atoms with Crippen molar-refractivity contribution in [2.75, 3.05) is 0 Å². The van der Waals surface area contributed by atoms with Crippen molar-refractivity contribution in [3.8, 4) is 0 Å². The summed E-state index contributed by atoms with van der Waals surface area (Å²) < 4.78 is 5.20. The molecule has 0 radical (unpaired) electrons. The molecule has 1 aromatic heterocycles. The third-order valence-corrected chi connectivity index (χ3v) is 2.71. The molecule has 1 aliphatic rings. The van der Waals surface area contributed by atoms with Gasteiger partial charge >= 0.3 is 0 Å². The maximum atomic E-state index is 5.20. The van der Waals surface area contributed by atoms with Gasteiger partial charge in [-0.05, 0) is 22.3 Å². The molecule has 1 aliphatic carbocycles. The molecule has 1 nitrogen and oxygen atoms in total. The van der Waals surface area contributed by atoms with Crippen LogP contribution in [-0.2, 0) is 12.8 Å². The van der Waals surface area contributed by atoms with Crippen LogP contribution in [0.3, 0.4) is 0 Å². The first kappa shape index (κ1) is 6.96. The van der Waals surface area contributed by atoms with Gasteiger partial charge in [0.25, 0.3) is 0 Å². The van der Waals surface area contributed by atoms with E-state index in [1.165, 1.54) is 22.3 Å². The highest BCUT2D eigenvalue weighted by Crippen LogP contribution is 2.27. The molecule has 0 atom stereocenters. The molecular weight excluding hydrogens is 160 g/mol. The molecule has 0 amide bonds. The van der Waals surface area contributed by atoms with E-state index in [0.29, 0.717) is 0 Å². The van der Waals surface area contributed by atoms with Crippen LogP contribution in [0.15, 0.2) is 41.2 Å². The lowest BCUT2D eigenvalue weighted by atomic mass is 9.89. The summed E-state index contributed by atoms with van der Waals surface area (Å²) >= 11 is 0. The summed E-state index contributed by atoms with van der Waals surface area (Å²) in [5.74, 6) is 0. The predicted octanol–water partition coefficient (Wildman–Crippen LogP) is 2.77. The summed E-state index contributed by atoms with van der Waals surface area (Å²) in [6.45, 7) is 0. The molecule has 0 aliphatic heterocycles. The fraction of sp³-hybridized carbons (Fsp3) is 0.167. The van der Waals surface area contributed by atoms with E-state index in [-0.39, 0.29) is 0 Å². The Morgan fingerprint density at radius 1 is 0.769 bits per heavy atom. The van der Waals surface area contributed by atoms with Gasteiger partial charge in [-0.15, -0.1) is 0 Å². The summed E-state index contributed by atoms with van der Waals surface area (Å²) in [5, 5.41) is 0. The Bertz CT molecular complexity index is 400. The zero-order valence-electron chi connectivity index (χ0n) is 7.29. The first-order valence-corrected chi connectivity index (χ1v) is 4.54. The molecule has 0 fully saturated rings. The average Bonchev–Trinajstić information content (AvgIpc) is 2.61. The molecule has 13 heavy (non-hydrogen) atoms. The van der Waals surface area contributed by atoms with Crippen LogP contribution in [-0.4, -0.2) is 0 Å². The SMILES string of the molecule is c1ccc2c(c1)Cc1cocc1C2. The molecular formula is C12H10O. The molecule has 0 spiro atoms. The molecule has 0 saturated carbocycles. The van der Waals surface area contributed by atoms with E-state index < -0.39 is 0 Å². The Hall–Kier alpha value is -1.50. The van der Waals surface area contributed by atoms with Crippen LogP contribution < -0.4 is 0 Å². The zero-order chi connectivity index (χ0) is 8.67. The summed E-state index contributed by atoms with van der Waals surface area (Å²) in [6.07, 6.45) is 5.79. The van der Waals surface area contributed by atoms with Gasteiger partial charge in [0.1, 0.15) is 0 Å². The molecule has 0 N–H and O–H groups in total. The largest absolute Gasteiger partial charge is 0.472 e. The highest BCUT2D eigenvalue weighted by molar-refractivity contribution is 5.42. The number of rotatable bonds is 0. The van der Waals surface area contributed by atoms with E-state index in [1.54, 1.807) is 0 Å². The van der Waals surface area contributed by atoms with Crippen molar-refractivity contribution >= 4 is 0 Å². The highest BCUT2D eigenvalue weighted by atomic mass is 16.3. The number of hydrogen-bond donors (Lipinski definition) is 0. The molecule has 1 aromatic carbocycles. The Labute approximate surface area is 77.0 Å². The van der Waals surface area contributed by atoms with Crippen LogP contribution in [0.5, 0.6) is 0 Å². The minimum absolute atomic E-state index is 1.03. The monoisotopic (exact) mass is 170 g/mol. The summed E-state index contributed by atoms with van der Waals surface area (Å²) in [4.78, 5) is 0. The highest BCUT2D eigenvalue weighted by Gasteiger charge is 2.15. The molecule has 1 heteroatoms. The second-order valence-corrected chi connectivity index (χ2v) is 3.54. The van der Waals surface area contributed by atoms with Crippen molar-refractivity contribution in [2.45, 2.75) is 12.8 Å². The second kappa shape index (κ2) is 2.49. The minimum Gasteiger partial charge on any atom is -0.472 e. The number of benzene rings is 1. The lowest BCUT2D eigenvalue weighted by molar-refractivity contribution is 0.563. The fourth-order valence-electron chi connectivity index (χ4n) is 1.97. The molecule has 0 unspecified atom stereocenters. The van der Waals surface area contributed by atoms with Gasteiger partial charge in [0.05, 0.1) is 12.5 Å². The molecule has 0 saturated heterocycles. The van der Waals surface area contributed by atoms with Crippen LogP contribution in [0, 0.1) is 0 Å². The smallest absolute Gasteiger partial charge is 0.0940 e. The standard InChI is InChI=1S/C12H10O/c1-2-4-10-6-12-8-13-7-11(12)5-9(10)3-1/h1-4,7-8H,5-6H2. The fourth-order valence-corrected chi connectivity index (χ4v) is 1.97. The van der Waals surface area contributed by atoms with Gasteiger partial charge in [-0.25, -0.2) is 0 Å². The molecule has 64 valence electrons. The van der Waals surface area contributed by atoms with Crippen LogP contribution in [0.25, 0.3) is 0 Å². The predicted molar refractivity (Wildman–Crippen MR) is 50.8 cm³/mol. The Morgan fingerprint density at radius 2 is 1.31 bits per heavy atom. The van der Waals surface area contributed by atoms with Crippen LogP contribution >= 0.6 is 0 Å². The van der Waals surface area contributed by atoms with Gasteiger partial charge in [-0.3, -0.25) is 0 Å². The maximum Gasteiger partial charge on any atom is 0.0940 e. The van der Waals surface area contributed by atoms with Gasteiger partial charge < -0.3 is 4.42 Å². The number of hydrogen-bond acceptors (Lipinski definition) is 1. The van der Waals surface area contributed by atoms with E-state index in [0.717, 1.165) is 12.8 Å². The van der Waals surface area contributed by atoms with Gasteiger partial charge in [-0.2, -0.15) is 0 Å². The normalized spacial score (nSPS) is 13.5. The molecule has 0 bridgehead atoms. The van der Waals surface area contributed by atoms with Crippen molar-refractivity contribution in [2.24, 2.45) is 0 Å². The molecule has 1 heterocycles. The van der Waals surface area contributed by atoms with Gasteiger partial charge in [-0.1, -0.05) is 24.3 Å². The van der Waals surface area contributed by atoms with E-state index in [4.69, 9.17) is 4.42 Å². The maximum absolute atomic E-state index is 5.20. The van der Waals surface area contributed by atoms with E-state index in [1.807, 2.05) is 12.5 Å². The zero-order valence-corrected chi connectivity index (χ0v) is 7.29. The summed E-state index contributed by atoms with van der Waals surface area (Å²) in [5.41, 5.74) is 5.57. The first-order chi connectivity index (χ1) is 6.43. The third-order valence-electron chi connectivity index (χ3n) is 2.71. The van der Waals surface area contributed by atoms with Crippen LogP contribution in [0.4, 0.5) is 0 Å². The topological polar surface area (TPSA) is 13.1 Å². The van der Waals surface area contributed by atoms with Crippen molar-refractivity contribution in [3.05, 3.63) is 59.0 Å². The minimum atomic E-state index is 1.03. The lowest BCUT2D eigenvalue weighted by Gasteiger charge is -2.14. The van der Waals surface area contributed by atoms with Crippen molar-refractivity contribution < 1.29 is 4.42 Å².